The van der Waals surface area contributed by atoms with E-state index in [-0.39, 0.29) is 10.6 Å². The van der Waals surface area contributed by atoms with Gasteiger partial charge in [-0.1, -0.05) is 46.3 Å². The van der Waals surface area contributed by atoms with Crippen molar-refractivity contribution in [1.29, 1.82) is 0 Å². The predicted octanol–water partition coefficient (Wildman–Crippen LogP) is 4.86. The maximum Gasteiger partial charge on any atom is 0.124 e. The van der Waals surface area contributed by atoms with Gasteiger partial charge in [-0.15, -0.1) is 0 Å². The van der Waals surface area contributed by atoms with Gasteiger partial charge in [0.2, 0.25) is 0 Å². The van der Waals surface area contributed by atoms with Crippen LogP contribution in [0.15, 0.2) is 48.5 Å². The minimum absolute atomic E-state index is 0.0546. The van der Waals surface area contributed by atoms with Gasteiger partial charge in [0.25, 0.3) is 0 Å². The molecule has 1 nitrogen and oxygen atoms in total. The summed E-state index contributed by atoms with van der Waals surface area (Å²) in [5, 5.41) is 0. The molecule has 2 rings (SSSR count). The van der Waals surface area contributed by atoms with Crippen molar-refractivity contribution in [3.63, 3.8) is 0 Å². The van der Waals surface area contributed by atoms with Crippen LogP contribution in [0.25, 0.3) is 0 Å². The van der Waals surface area contributed by atoms with E-state index in [0.29, 0.717) is 12.4 Å². The first-order valence-electron chi connectivity index (χ1n) is 5.77. The molecule has 18 heavy (non-hydrogen) atoms. The molecule has 0 radical (unpaired) electrons. The van der Waals surface area contributed by atoms with Gasteiger partial charge in [-0.05, 0) is 30.7 Å². The average molecular weight is 309 g/mol. The van der Waals surface area contributed by atoms with E-state index in [1.165, 1.54) is 12.1 Å². The van der Waals surface area contributed by atoms with Gasteiger partial charge in [0.05, 0.1) is 0 Å². The highest BCUT2D eigenvalue weighted by Crippen LogP contribution is 2.31. The second-order valence-electron chi connectivity index (χ2n) is 4.07. The molecule has 0 N–H and O–H groups in total. The topological polar surface area (TPSA) is 9.23 Å². The van der Waals surface area contributed by atoms with Gasteiger partial charge in [0.15, 0.2) is 0 Å². The third-order valence-electron chi connectivity index (χ3n) is 2.64. The summed E-state index contributed by atoms with van der Waals surface area (Å²) in [4.78, 5) is 0.0546. The molecule has 0 aliphatic rings. The molecule has 1 atom stereocenters. The van der Waals surface area contributed by atoms with E-state index in [9.17, 15) is 4.39 Å². The number of hydrogen-bond donors (Lipinski definition) is 0. The summed E-state index contributed by atoms with van der Waals surface area (Å²) in [7, 11) is 0. The Balaban J connectivity index is 2.14. The monoisotopic (exact) mass is 308 g/mol. The summed E-state index contributed by atoms with van der Waals surface area (Å²) in [6.45, 7) is 2.43. The molecule has 0 amide bonds. The molecule has 0 saturated carbocycles. The van der Waals surface area contributed by atoms with Crippen LogP contribution in [-0.4, -0.2) is 0 Å². The molecule has 3 heteroatoms. The highest BCUT2D eigenvalue weighted by atomic mass is 79.9. The first kappa shape index (κ1) is 13.1. The first-order chi connectivity index (χ1) is 8.66. The molecule has 0 fully saturated rings. The molecule has 0 aromatic heterocycles. The lowest BCUT2D eigenvalue weighted by atomic mass is 10.1. The van der Waals surface area contributed by atoms with Gasteiger partial charge in [0, 0.05) is 10.4 Å². The number of alkyl halides is 1. The van der Waals surface area contributed by atoms with Gasteiger partial charge in [-0.3, -0.25) is 0 Å². The van der Waals surface area contributed by atoms with Crippen molar-refractivity contribution in [2.24, 2.45) is 0 Å². The normalized spacial score (nSPS) is 12.2. The Kier molecular flexibility index (Phi) is 4.37. The van der Waals surface area contributed by atoms with E-state index in [4.69, 9.17) is 4.74 Å². The van der Waals surface area contributed by atoms with Gasteiger partial charge < -0.3 is 4.74 Å². The van der Waals surface area contributed by atoms with Crippen molar-refractivity contribution in [1.82, 2.24) is 0 Å². The largest absolute Gasteiger partial charge is 0.489 e. The van der Waals surface area contributed by atoms with Crippen LogP contribution >= 0.6 is 15.9 Å². The smallest absolute Gasteiger partial charge is 0.124 e. The Morgan fingerprint density at radius 2 is 1.89 bits per heavy atom. The van der Waals surface area contributed by atoms with Gasteiger partial charge >= 0.3 is 0 Å². The number of benzene rings is 2. The summed E-state index contributed by atoms with van der Waals surface area (Å²) < 4.78 is 18.9. The molecule has 0 aliphatic heterocycles. The fourth-order valence-electron chi connectivity index (χ4n) is 1.70. The lowest BCUT2D eigenvalue weighted by molar-refractivity contribution is 0.302. The standard InChI is InChI=1S/C15H14BrFO/c1-11(16)14-9-13(17)7-8-15(14)18-10-12-5-3-2-4-6-12/h2-9,11H,10H2,1H3. The van der Waals surface area contributed by atoms with Crippen LogP contribution in [0.2, 0.25) is 0 Å². The number of hydrogen-bond acceptors (Lipinski definition) is 1. The van der Waals surface area contributed by atoms with Crippen molar-refractivity contribution in [3.8, 4) is 5.75 Å². The molecule has 2 aromatic carbocycles. The highest BCUT2D eigenvalue weighted by molar-refractivity contribution is 9.09. The van der Waals surface area contributed by atoms with Crippen molar-refractivity contribution in [2.75, 3.05) is 0 Å². The van der Waals surface area contributed by atoms with E-state index >= 15 is 0 Å². The molecule has 94 valence electrons. The van der Waals surface area contributed by atoms with Crippen molar-refractivity contribution in [3.05, 3.63) is 65.5 Å². The molecule has 2 aromatic rings. The lowest BCUT2D eigenvalue weighted by Gasteiger charge is -2.13. The van der Waals surface area contributed by atoms with Crippen molar-refractivity contribution in [2.45, 2.75) is 18.4 Å². The SMILES string of the molecule is CC(Br)c1cc(F)ccc1OCc1ccccc1. The predicted molar refractivity (Wildman–Crippen MR) is 74.5 cm³/mol. The summed E-state index contributed by atoms with van der Waals surface area (Å²) in [5.41, 5.74) is 1.92. The highest BCUT2D eigenvalue weighted by Gasteiger charge is 2.10. The van der Waals surface area contributed by atoms with Crippen molar-refractivity contribution < 1.29 is 9.13 Å². The molecule has 0 saturated heterocycles. The molecule has 0 bridgehead atoms. The van der Waals surface area contributed by atoms with E-state index in [0.717, 1.165) is 11.1 Å². The van der Waals surface area contributed by atoms with Crippen molar-refractivity contribution >= 4 is 15.9 Å². The van der Waals surface area contributed by atoms with E-state index in [1.54, 1.807) is 6.07 Å². The average Bonchev–Trinajstić information content (AvgIpc) is 2.38. The maximum absolute atomic E-state index is 13.2. The zero-order valence-corrected chi connectivity index (χ0v) is 11.7. The molecule has 0 aliphatic carbocycles. The van der Waals surface area contributed by atoms with Crippen LogP contribution < -0.4 is 4.74 Å². The zero-order chi connectivity index (χ0) is 13.0. The van der Waals surface area contributed by atoms with Gasteiger partial charge in [-0.25, -0.2) is 4.39 Å². The van der Waals surface area contributed by atoms with E-state index in [2.05, 4.69) is 15.9 Å². The quantitative estimate of drug-likeness (QED) is 0.733. The second kappa shape index (κ2) is 6.01. The van der Waals surface area contributed by atoms with Gasteiger partial charge in [-0.2, -0.15) is 0 Å². The molecule has 0 heterocycles. The number of rotatable bonds is 4. The van der Waals surface area contributed by atoms with Gasteiger partial charge in [0.1, 0.15) is 18.2 Å². The van der Waals surface area contributed by atoms with E-state index < -0.39 is 0 Å². The maximum atomic E-state index is 13.2. The molecular weight excluding hydrogens is 295 g/mol. The second-order valence-corrected chi connectivity index (χ2v) is 5.45. The molecule has 0 spiro atoms. The summed E-state index contributed by atoms with van der Waals surface area (Å²) in [6.07, 6.45) is 0. The minimum atomic E-state index is -0.247. The third kappa shape index (κ3) is 3.33. The van der Waals surface area contributed by atoms with Crippen LogP contribution in [0, 0.1) is 5.82 Å². The first-order valence-corrected chi connectivity index (χ1v) is 6.68. The Hall–Kier alpha value is -1.35. The Bertz CT molecular complexity index is 511. The van der Waals surface area contributed by atoms with Crippen LogP contribution in [0.4, 0.5) is 4.39 Å². The van der Waals surface area contributed by atoms with Crippen LogP contribution in [0.5, 0.6) is 5.75 Å². The number of halogens is 2. The number of ether oxygens (including phenoxy) is 1. The Morgan fingerprint density at radius 1 is 1.17 bits per heavy atom. The van der Waals surface area contributed by atoms with Crippen LogP contribution in [0.3, 0.4) is 0 Å². The Morgan fingerprint density at radius 3 is 2.56 bits per heavy atom. The van der Waals surface area contributed by atoms with E-state index in [1.807, 2.05) is 37.3 Å². The fraction of sp³-hybridized carbons (Fsp3) is 0.200. The lowest BCUT2D eigenvalue weighted by Crippen LogP contribution is -1.99. The fourth-order valence-corrected chi connectivity index (χ4v) is 2.05. The third-order valence-corrected chi connectivity index (χ3v) is 3.13. The molecular formula is C15H14BrFO. The summed E-state index contributed by atoms with van der Waals surface area (Å²) in [5.74, 6) is 0.466. The minimum Gasteiger partial charge on any atom is -0.489 e. The summed E-state index contributed by atoms with van der Waals surface area (Å²) >= 11 is 3.45. The Labute approximate surface area is 115 Å². The van der Waals surface area contributed by atoms with Crippen LogP contribution in [0.1, 0.15) is 22.9 Å². The molecule has 1 unspecified atom stereocenters. The summed E-state index contributed by atoms with van der Waals surface area (Å²) in [6, 6.07) is 14.5. The zero-order valence-electron chi connectivity index (χ0n) is 10.1. The van der Waals surface area contributed by atoms with Crippen LogP contribution in [-0.2, 0) is 6.61 Å².